The van der Waals surface area contributed by atoms with Crippen LogP contribution in [0.2, 0.25) is 5.02 Å². The molecule has 130 valence electrons. The molecule has 1 amide bonds. The first-order valence-electron chi connectivity index (χ1n) is 8.48. The Labute approximate surface area is 156 Å². The molecule has 4 nitrogen and oxygen atoms in total. The van der Waals surface area contributed by atoms with Gasteiger partial charge in [-0.1, -0.05) is 23.7 Å². The predicted molar refractivity (Wildman–Crippen MR) is 103 cm³/mol. The van der Waals surface area contributed by atoms with Gasteiger partial charge in [0.25, 0.3) is 5.91 Å². The Balaban J connectivity index is 1.74. The van der Waals surface area contributed by atoms with E-state index in [9.17, 15) is 4.79 Å². The summed E-state index contributed by atoms with van der Waals surface area (Å²) in [4.78, 5) is 16.5. The number of aromatic nitrogens is 2. The molecule has 3 aromatic rings. The Morgan fingerprint density at radius 2 is 2.12 bits per heavy atom. The number of fused-ring (bicyclic) bond motifs is 1. The van der Waals surface area contributed by atoms with Crippen LogP contribution in [0.25, 0.3) is 15.9 Å². The predicted octanol–water partition coefficient (Wildman–Crippen LogP) is 4.92. The second-order valence-corrected chi connectivity index (χ2v) is 8.21. The number of thiophene rings is 1. The van der Waals surface area contributed by atoms with Gasteiger partial charge in [-0.3, -0.25) is 4.79 Å². The van der Waals surface area contributed by atoms with Gasteiger partial charge in [-0.2, -0.15) is 5.10 Å². The lowest BCUT2D eigenvalue weighted by molar-refractivity contribution is 0.0732. The minimum absolute atomic E-state index is 0.0886. The van der Waals surface area contributed by atoms with Crippen LogP contribution in [0.5, 0.6) is 0 Å². The highest BCUT2D eigenvalue weighted by molar-refractivity contribution is 7.20. The third kappa shape index (κ3) is 2.85. The molecule has 1 aliphatic rings. The van der Waals surface area contributed by atoms with E-state index in [1.807, 2.05) is 53.9 Å². The van der Waals surface area contributed by atoms with Crippen LogP contribution in [-0.2, 0) is 0 Å². The van der Waals surface area contributed by atoms with Crippen LogP contribution < -0.4 is 0 Å². The summed E-state index contributed by atoms with van der Waals surface area (Å²) in [6.45, 7) is 4.10. The maximum atomic E-state index is 12.9. The van der Waals surface area contributed by atoms with Crippen molar-refractivity contribution in [2.24, 2.45) is 5.92 Å². The Morgan fingerprint density at radius 3 is 2.80 bits per heavy atom. The van der Waals surface area contributed by atoms with E-state index >= 15 is 0 Å². The van der Waals surface area contributed by atoms with E-state index in [1.54, 1.807) is 0 Å². The van der Waals surface area contributed by atoms with E-state index in [2.05, 4.69) is 12.0 Å². The topological polar surface area (TPSA) is 38.1 Å². The van der Waals surface area contributed by atoms with Gasteiger partial charge in [0, 0.05) is 18.5 Å². The number of carbonyl (C=O) groups is 1. The van der Waals surface area contributed by atoms with Crippen molar-refractivity contribution in [2.45, 2.75) is 32.7 Å². The van der Waals surface area contributed by atoms with Gasteiger partial charge in [-0.15, -0.1) is 11.3 Å². The number of amides is 1. The number of hydrogen-bond donors (Lipinski definition) is 0. The van der Waals surface area contributed by atoms with Gasteiger partial charge in [0.05, 0.1) is 21.3 Å². The molecule has 4 rings (SSSR count). The van der Waals surface area contributed by atoms with Crippen LogP contribution in [0.3, 0.4) is 0 Å². The number of rotatable bonds is 4. The van der Waals surface area contributed by atoms with Crippen molar-refractivity contribution in [3.05, 3.63) is 45.9 Å². The van der Waals surface area contributed by atoms with Crippen molar-refractivity contribution < 1.29 is 4.79 Å². The normalized spacial score (nSPS) is 15.5. The van der Waals surface area contributed by atoms with Crippen LogP contribution >= 0.6 is 22.9 Å². The van der Waals surface area contributed by atoms with E-state index < -0.39 is 0 Å². The quantitative estimate of drug-likeness (QED) is 0.651. The molecule has 1 aliphatic carbocycles. The number of aryl methyl sites for hydroxylation is 1. The summed E-state index contributed by atoms with van der Waals surface area (Å²) in [7, 11) is 1.91. The summed E-state index contributed by atoms with van der Waals surface area (Å²) in [6, 6.07) is 9.89. The molecule has 1 atom stereocenters. The van der Waals surface area contributed by atoms with Crippen molar-refractivity contribution in [3.8, 4) is 5.69 Å². The first-order valence-corrected chi connectivity index (χ1v) is 9.68. The van der Waals surface area contributed by atoms with E-state index in [4.69, 9.17) is 11.6 Å². The number of benzene rings is 1. The molecule has 0 N–H and O–H groups in total. The average Bonchev–Trinajstić information content (AvgIpc) is 3.29. The van der Waals surface area contributed by atoms with Crippen LogP contribution in [0.4, 0.5) is 0 Å². The number of carbonyl (C=O) groups excluding carboxylic acids is 1. The summed E-state index contributed by atoms with van der Waals surface area (Å²) >= 11 is 7.83. The summed E-state index contributed by atoms with van der Waals surface area (Å²) in [6.07, 6.45) is 2.46. The van der Waals surface area contributed by atoms with E-state index in [0.717, 1.165) is 26.5 Å². The first-order chi connectivity index (χ1) is 12.0. The zero-order valence-electron chi connectivity index (χ0n) is 14.5. The van der Waals surface area contributed by atoms with Gasteiger partial charge in [0.15, 0.2) is 0 Å². The molecule has 1 saturated carbocycles. The molecule has 1 unspecified atom stereocenters. The largest absolute Gasteiger partial charge is 0.338 e. The Morgan fingerprint density at radius 1 is 1.40 bits per heavy atom. The molecule has 1 fully saturated rings. The molecule has 2 heterocycles. The Kier molecular flexibility index (Phi) is 4.08. The van der Waals surface area contributed by atoms with Gasteiger partial charge in [0.1, 0.15) is 4.83 Å². The number of hydrogen-bond acceptors (Lipinski definition) is 3. The monoisotopic (exact) mass is 373 g/mol. The summed E-state index contributed by atoms with van der Waals surface area (Å²) in [5, 5.41) is 6.28. The highest BCUT2D eigenvalue weighted by atomic mass is 35.5. The second kappa shape index (κ2) is 6.15. The second-order valence-electron chi connectivity index (χ2n) is 6.77. The van der Waals surface area contributed by atoms with Crippen LogP contribution in [0, 0.1) is 12.8 Å². The summed E-state index contributed by atoms with van der Waals surface area (Å²) < 4.78 is 1.85. The molecule has 25 heavy (non-hydrogen) atoms. The Bertz CT molecular complexity index is 957. The fraction of sp³-hybridized carbons (Fsp3) is 0.368. The van der Waals surface area contributed by atoms with E-state index in [-0.39, 0.29) is 5.91 Å². The number of halogens is 1. The molecule has 0 bridgehead atoms. The molecule has 0 saturated heterocycles. The summed E-state index contributed by atoms with van der Waals surface area (Å²) in [5.74, 6) is 0.745. The van der Waals surface area contributed by atoms with E-state index in [0.29, 0.717) is 17.0 Å². The SMILES string of the molecule is Cc1nn(-c2ccccc2Cl)c2sc(C(=O)N(C)C(C)C3CC3)cc12. The van der Waals surface area contributed by atoms with E-state index in [1.165, 1.54) is 24.2 Å². The maximum Gasteiger partial charge on any atom is 0.264 e. The molecular formula is C19H20ClN3OS. The van der Waals surface area contributed by atoms with Crippen LogP contribution in [-0.4, -0.2) is 33.7 Å². The minimum atomic E-state index is 0.0886. The molecule has 0 radical (unpaired) electrons. The standard InChI is InChI=1S/C19H20ClN3OS/c1-11-14-10-17(18(24)22(3)12(2)13-8-9-13)25-19(14)23(21-11)16-7-5-4-6-15(16)20/h4-7,10,12-13H,8-9H2,1-3H3. The molecule has 0 spiro atoms. The lowest BCUT2D eigenvalue weighted by Gasteiger charge is -2.24. The molecule has 0 aliphatic heterocycles. The van der Waals surface area contributed by atoms with Gasteiger partial charge in [-0.05, 0) is 50.8 Å². The van der Waals surface area contributed by atoms with Crippen LogP contribution in [0.15, 0.2) is 30.3 Å². The zero-order chi connectivity index (χ0) is 17.7. The summed E-state index contributed by atoms with van der Waals surface area (Å²) in [5.41, 5.74) is 1.74. The lowest BCUT2D eigenvalue weighted by Crippen LogP contribution is -2.35. The molecule has 2 aromatic heterocycles. The van der Waals surface area contributed by atoms with Crippen LogP contribution in [0.1, 0.15) is 35.1 Å². The average molecular weight is 374 g/mol. The van der Waals surface area contributed by atoms with Crippen molar-refractivity contribution in [1.29, 1.82) is 0 Å². The van der Waals surface area contributed by atoms with Gasteiger partial charge in [0.2, 0.25) is 0 Å². The smallest absolute Gasteiger partial charge is 0.264 e. The lowest BCUT2D eigenvalue weighted by atomic mass is 10.2. The van der Waals surface area contributed by atoms with Crippen molar-refractivity contribution in [3.63, 3.8) is 0 Å². The molecule has 1 aromatic carbocycles. The fourth-order valence-electron chi connectivity index (χ4n) is 3.19. The van der Waals surface area contributed by atoms with Crippen molar-refractivity contribution in [2.75, 3.05) is 7.05 Å². The van der Waals surface area contributed by atoms with Crippen molar-refractivity contribution in [1.82, 2.24) is 14.7 Å². The fourth-order valence-corrected chi connectivity index (χ4v) is 4.57. The van der Waals surface area contributed by atoms with Crippen molar-refractivity contribution >= 4 is 39.1 Å². The first kappa shape index (κ1) is 16.6. The maximum absolute atomic E-state index is 12.9. The highest BCUT2D eigenvalue weighted by Gasteiger charge is 2.33. The van der Waals surface area contributed by atoms with Gasteiger partial charge >= 0.3 is 0 Å². The molecular weight excluding hydrogens is 354 g/mol. The number of nitrogens with zero attached hydrogens (tertiary/aromatic N) is 3. The zero-order valence-corrected chi connectivity index (χ0v) is 16.1. The third-order valence-corrected chi connectivity index (χ3v) is 6.49. The van der Waals surface area contributed by atoms with Gasteiger partial charge < -0.3 is 4.90 Å². The third-order valence-electron chi connectivity index (χ3n) is 5.07. The van der Waals surface area contributed by atoms with Gasteiger partial charge in [-0.25, -0.2) is 4.68 Å². The molecule has 6 heteroatoms. The number of para-hydroxylation sites is 1. The Hall–Kier alpha value is -1.85. The minimum Gasteiger partial charge on any atom is -0.338 e. The highest BCUT2D eigenvalue weighted by Crippen LogP contribution is 2.37.